The SMILES string of the molecule is COc1cc2ccc(Cl)cc2cc1C1(C(=O)O)CCCC1. The molecular weight excluding hydrogens is 288 g/mol. The van der Waals surface area contributed by atoms with E-state index in [0.717, 1.165) is 29.2 Å². The highest BCUT2D eigenvalue weighted by Gasteiger charge is 2.44. The lowest BCUT2D eigenvalue weighted by Crippen LogP contribution is -2.33. The number of carboxylic acid groups (broad SMARTS) is 1. The Bertz CT molecular complexity index is 702. The van der Waals surface area contributed by atoms with Crippen molar-refractivity contribution in [1.29, 1.82) is 0 Å². The van der Waals surface area contributed by atoms with Gasteiger partial charge in [0.1, 0.15) is 5.75 Å². The fourth-order valence-corrected chi connectivity index (χ4v) is 3.55. The van der Waals surface area contributed by atoms with Crippen LogP contribution in [-0.2, 0) is 10.2 Å². The van der Waals surface area contributed by atoms with Crippen LogP contribution in [0.4, 0.5) is 0 Å². The minimum atomic E-state index is -0.831. The van der Waals surface area contributed by atoms with Crippen LogP contribution in [0.2, 0.25) is 5.02 Å². The molecule has 0 bridgehead atoms. The normalized spacial score (nSPS) is 17.0. The van der Waals surface area contributed by atoms with Crippen molar-refractivity contribution >= 4 is 28.3 Å². The first-order valence-corrected chi connectivity index (χ1v) is 7.46. The molecule has 1 saturated carbocycles. The topological polar surface area (TPSA) is 46.5 Å². The van der Waals surface area contributed by atoms with Crippen LogP contribution in [0, 0.1) is 0 Å². The van der Waals surface area contributed by atoms with Crippen molar-refractivity contribution in [3.63, 3.8) is 0 Å². The molecule has 2 aromatic rings. The van der Waals surface area contributed by atoms with Gasteiger partial charge in [-0.05, 0) is 47.9 Å². The molecule has 0 amide bonds. The van der Waals surface area contributed by atoms with Gasteiger partial charge < -0.3 is 9.84 Å². The number of methoxy groups -OCH3 is 1. The zero-order valence-corrected chi connectivity index (χ0v) is 12.6. The maximum absolute atomic E-state index is 11.9. The number of benzene rings is 2. The highest BCUT2D eigenvalue weighted by molar-refractivity contribution is 6.31. The minimum Gasteiger partial charge on any atom is -0.496 e. The molecule has 4 heteroatoms. The molecule has 2 aromatic carbocycles. The van der Waals surface area contributed by atoms with E-state index in [9.17, 15) is 9.90 Å². The largest absolute Gasteiger partial charge is 0.496 e. The van der Waals surface area contributed by atoms with Gasteiger partial charge in [-0.2, -0.15) is 0 Å². The number of halogens is 1. The summed E-state index contributed by atoms with van der Waals surface area (Å²) in [6.45, 7) is 0. The number of fused-ring (bicyclic) bond motifs is 1. The fraction of sp³-hybridized carbons (Fsp3) is 0.353. The Morgan fingerprint density at radius 3 is 2.52 bits per heavy atom. The molecule has 0 saturated heterocycles. The summed E-state index contributed by atoms with van der Waals surface area (Å²) in [6, 6.07) is 9.45. The number of ether oxygens (including phenoxy) is 1. The van der Waals surface area contributed by atoms with Gasteiger partial charge in [-0.1, -0.05) is 30.5 Å². The van der Waals surface area contributed by atoms with Gasteiger partial charge in [-0.15, -0.1) is 0 Å². The highest BCUT2D eigenvalue weighted by Crippen LogP contribution is 2.46. The molecule has 0 spiro atoms. The second kappa shape index (κ2) is 5.23. The Balaban J connectivity index is 2.26. The van der Waals surface area contributed by atoms with Gasteiger partial charge in [0.15, 0.2) is 0 Å². The number of hydrogen-bond donors (Lipinski definition) is 1. The quantitative estimate of drug-likeness (QED) is 0.914. The van der Waals surface area contributed by atoms with E-state index >= 15 is 0 Å². The van der Waals surface area contributed by atoms with Gasteiger partial charge in [0.25, 0.3) is 0 Å². The standard InChI is InChI=1S/C17H17ClO3/c1-21-15-10-11-4-5-13(18)8-12(11)9-14(15)17(16(19)20)6-2-3-7-17/h4-5,8-10H,2-3,6-7H2,1H3,(H,19,20). The van der Waals surface area contributed by atoms with Crippen molar-refractivity contribution in [2.75, 3.05) is 7.11 Å². The molecule has 0 atom stereocenters. The fourth-order valence-electron chi connectivity index (χ4n) is 3.37. The molecule has 1 fully saturated rings. The molecule has 0 radical (unpaired) electrons. The number of aliphatic carboxylic acids is 1. The second-order valence-electron chi connectivity index (χ2n) is 5.64. The first-order chi connectivity index (χ1) is 10.1. The maximum atomic E-state index is 11.9. The molecular formula is C17H17ClO3. The Morgan fingerprint density at radius 2 is 1.90 bits per heavy atom. The van der Waals surface area contributed by atoms with Crippen LogP contribution in [0.5, 0.6) is 5.75 Å². The number of carboxylic acids is 1. The van der Waals surface area contributed by atoms with E-state index in [1.165, 1.54) is 0 Å². The summed E-state index contributed by atoms with van der Waals surface area (Å²) in [6.07, 6.45) is 3.18. The number of rotatable bonds is 3. The van der Waals surface area contributed by atoms with Crippen LogP contribution in [-0.4, -0.2) is 18.2 Å². The molecule has 0 aromatic heterocycles. The summed E-state index contributed by atoms with van der Waals surface area (Å²) < 4.78 is 5.47. The van der Waals surface area contributed by atoms with E-state index in [4.69, 9.17) is 16.3 Å². The van der Waals surface area contributed by atoms with Gasteiger partial charge in [0.2, 0.25) is 0 Å². The highest BCUT2D eigenvalue weighted by atomic mass is 35.5. The zero-order chi connectivity index (χ0) is 15.0. The third-order valence-electron chi connectivity index (χ3n) is 4.50. The van der Waals surface area contributed by atoms with E-state index < -0.39 is 11.4 Å². The third-order valence-corrected chi connectivity index (χ3v) is 4.74. The third kappa shape index (κ3) is 2.26. The Kier molecular flexibility index (Phi) is 3.54. The zero-order valence-electron chi connectivity index (χ0n) is 11.9. The van der Waals surface area contributed by atoms with Gasteiger partial charge in [0.05, 0.1) is 12.5 Å². The molecule has 3 nitrogen and oxygen atoms in total. The predicted molar refractivity (Wildman–Crippen MR) is 83.3 cm³/mol. The average Bonchev–Trinajstić information content (AvgIpc) is 2.96. The first kappa shape index (κ1) is 14.2. The number of hydrogen-bond acceptors (Lipinski definition) is 2. The van der Waals surface area contributed by atoms with Crippen LogP contribution in [0.1, 0.15) is 31.2 Å². The monoisotopic (exact) mass is 304 g/mol. The molecule has 1 aliphatic rings. The van der Waals surface area contributed by atoms with E-state index in [1.54, 1.807) is 7.11 Å². The Hall–Kier alpha value is -1.74. The van der Waals surface area contributed by atoms with Crippen LogP contribution in [0.3, 0.4) is 0 Å². The summed E-state index contributed by atoms with van der Waals surface area (Å²) in [5.41, 5.74) is -0.0632. The summed E-state index contributed by atoms with van der Waals surface area (Å²) in [4.78, 5) is 11.9. The molecule has 3 rings (SSSR count). The van der Waals surface area contributed by atoms with Crippen molar-refractivity contribution in [1.82, 2.24) is 0 Å². The lowest BCUT2D eigenvalue weighted by atomic mass is 9.77. The van der Waals surface area contributed by atoms with E-state index in [-0.39, 0.29) is 0 Å². The first-order valence-electron chi connectivity index (χ1n) is 7.08. The lowest BCUT2D eigenvalue weighted by molar-refractivity contribution is -0.143. The second-order valence-corrected chi connectivity index (χ2v) is 6.07. The van der Waals surface area contributed by atoms with Crippen LogP contribution in [0.25, 0.3) is 10.8 Å². The maximum Gasteiger partial charge on any atom is 0.314 e. The van der Waals surface area contributed by atoms with Gasteiger partial charge in [0, 0.05) is 10.6 Å². The minimum absolute atomic E-state index is 0.647. The van der Waals surface area contributed by atoms with Crippen molar-refractivity contribution in [2.45, 2.75) is 31.1 Å². The Morgan fingerprint density at radius 1 is 1.19 bits per heavy atom. The Labute approximate surface area is 128 Å². The van der Waals surface area contributed by atoms with Gasteiger partial charge in [-0.3, -0.25) is 4.79 Å². The summed E-state index contributed by atoms with van der Waals surface area (Å²) in [5, 5.41) is 12.4. The van der Waals surface area contributed by atoms with Gasteiger partial charge >= 0.3 is 5.97 Å². The van der Waals surface area contributed by atoms with Crippen molar-refractivity contribution < 1.29 is 14.6 Å². The molecule has 1 aliphatic carbocycles. The smallest absolute Gasteiger partial charge is 0.314 e. The average molecular weight is 305 g/mol. The van der Waals surface area contributed by atoms with Crippen molar-refractivity contribution in [3.05, 3.63) is 40.9 Å². The predicted octanol–water partition coefficient (Wildman–Crippen LogP) is 4.40. The number of carbonyl (C=O) groups is 1. The van der Waals surface area contributed by atoms with Gasteiger partial charge in [-0.25, -0.2) is 0 Å². The van der Waals surface area contributed by atoms with Crippen molar-refractivity contribution in [3.8, 4) is 5.75 Å². The lowest BCUT2D eigenvalue weighted by Gasteiger charge is -2.26. The molecule has 1 N–H and O–H groups in total. The van der Waals surface area contributed by atoms with E-state index in [2.05, 4.69) is 0 Å². The molecule has 110 valence electrons. The van der Waals surface area contributed by atoms with Crippen LogP contribution in [0.15, 0.2) is 30.3 Å². The summed E-state index contributed by atoms with van der Waals surface area (Å²) >= 11 is 6.05. The summed E-state index contributed by atoms with van der Waals surface area (Å²) in [5.74, 6) is -0.117. The van der Waals surface area contributed by atoms with Crippen molar-refractivity contribution in [2.24, 2.45) is 0 Å². The van der Waals surface area contributed by atoms with E-state index in [1.807, 2.05) is 30.3 Å². The van der Waals surface area contributed by atoms with E-state index in [0.29, 0.717) is 23.6 Å². The molecule has 0 aliphatic heterocycles. The van der Waals surface area contributed by atoms with Crippen LogP contribution < -0.4 is 4.74 Å². The molecule has 0 heterocycles. The van der Waals surface area contributed by atoms with Crippen LogP contribution >= 0.6 is 11.6 Å². The summed E-state index contributed by atoms with van der Waals surface area (Å²) in [7, 11) is 1.59. The molecule has 0 unspecified atom stereocenters. The molecule has 21 heavy (non-hydrogen) atoms.